The predicted octanol–water partition coefficient (Wildman–Crippen LogP) is 2.23. The van der Waals surface area contributed by atoms with Gasteiger partial charge in [0.2, 0.25) is 0 Å². The monoisotopic (exact) mass is 286 g/mol. The van der Waals surface area contributed by atoms with Crippen molar-refractivity contribution >= 4 is 6.03 Å². The van der Waals surface area contributed by atoms with Gasteiger partial charge >= 0.3 is 6.03 Å². The Morgan fingerprint density at radius 2 is 2.05 bits per heavy atom. The first-order chi connectivity index (χ1) is 10.2. The zero-order valence-corrected chi connectivity index (χ0v) is 12.1. The molecule has 0 bridgehead atoms. The smallest absolute Gasteiger partial charge is 0.315 e. The van der Waals surface area contributed by atoms with Crippen LogP contribution in [0.5, 0.6) is 0 Å². The highest BCUT2D eigenvalue weighted by atomic mass is 16.3. The molecule has 4 heteroatoms. The molecule has 2 aliphatic carbocycles. The fourth-order valence-electron chi connectivity index (χ4n) is 3.28. The van der Waals surface area contributed by atoms with Crippen molar-refractivity contribution < 1.29 is 9.90 Å². The molecule has 0 fully saturated rings. The van der Waals surface area contributed by atoms with Gasteiger partial charge in [-0.15, -0.1) is 0 Å². The van der Waals surface area contributed by atoms with Gasteiger partial charge in [0, 0.05) is 6.04 Å². The lowest BCUT2D eigenvalue weighted by molar-refractivity contribution is 0.0216. The van der Waals surface area contributed by atoms with Gasteiger partial charge in [-0.05, 0) is 43.2 Å². The molecule has 4 nitrogen and oxygen atoms in total. The molecule has 2 aliphatic rings. The number of carbonyl (C=O) groups excluding carboxylic acids is 1. The van der Waals surface area contributed by atoms with Gasteiger partial charge in [0.15, 0.2) is 0 Å². The third kappa shape index (κ3) is 3.10. The average Bonchev–Trinajstić information content (AvgIpc) is 2.99. The molecule has 2 amide bonds. The molecule has 1 aromatic carbocycles. The van der Waals surface area contributed by atoms with E-state index in [0.29, 0.717) is 6.42 Å². The fraction of sp³-hybridized carbons (Fsp3) is 0.471. The number of amides is 2. The van der Waals surface area contributed by atoms with Crippen LogP contribution in [0.25, 0.3) is 0 Å². The average molecular weight is 286 g/mol. The molecule has 21 heavy (non-hydrogen) atoms. The SMILES string of the molecule is O=C(NCC1(O)CCCc2ccccc21)NC1CC=CC1. The Morgan fingerprint density at radius 1 is 1.29 bits per heavy atom. The minimum absolute atomic E-state index is 0.193. The molecule has 0 radical (unpaired) electrons. The van der Waals surface area contributed by atoms with Crippen LogP contribution in [-0.2, 0) is 12.0 Å². The van der Waals surface area contributed by atoms with Crippen molar-refractivity contribution in [3.8, 4) is 0 Å². The molecule has 0 aromatic heterocycles. The Labute approximate surface area is 125 Å². The molecule has 0 saturated heterocycles. The van der Waals surface area contributed by atoms with E-state index in [-0.39, 0.29) is 18.6 Å². The van der Waals surface area contributed by atoms with E-state index in [0.717, 1.165) is 31.2 Å². The number of nitrogens with one attached hydrogen (secondary N) is 2. The number of hydrogen-bond donors (Lipinski definition) is 3. The van der Waals surface area contributed by atoms with Crippen molar-refractivity contribution in [1.29, 1.82) is 0 Å². The van der Waals surface area contributed by atoms with Gasteiger partial charge in [-0.2, -0.15) is 0 Å². The first kappa shape index (κ1) is 14.1. The van der Waals surface area contributed by atoms with Crippen LogP contribution < -0.4 is 10.6 Å². The lowest BCUT2D eigenvalue weighted by atomic mass is 9.79. The summed E-state index contributed by atoms with van der Waals surface area (Å²) in [5.41, 5.74) is 1.20. The summed E-state index contributed by atoms with van der Waals surface area (Å²) in [6.07, 6.45) is 8.57. The Kier molecular flexibility index (Phi) is 3.97. The summed E-state index contributed by atoms with van der Waals surface area (Å²) >= 11 is 0. The number of rotatable bonds is 3. The summed E-state index contributed by atoms with van der Waals surface area (Å²) in [4.78, 5) is 11.9. The number of urea groups is 1. The van der Waals surface area contributed by atoms with E-state index in [2.05, 4.69) is 28.9 Å². The van der Waals surface area contributed by atoms with Crippen molar-refractivity contribution in [2.24, 2.45) is 0 Å². The Bertz CT molecular complexity index is 547. The molecular formula is C17H22N2O2. The fourth-order valence-corrected chi connectivity index (χ4v) is 3.28. The van der Waals surface area contributed by atoms with Gasteiger partial charge < -0.3 is 15.7 Å². The number of aryl methyl sites for hydroxylation is 1. The minimum Gasteiger partial charge on any atom is -0.383 e. The maximum absolute atomic E-state index is 11.9. The maximum Gasteiger partial charge on any atom is 0.315 e. The zero-order chi connectivity index (χ0) is 14.7. The van der Waals surface area contributed by atoms with Gasteiger partial charge in [-0.3, -0.25) is 0 Å². The Morgan fingerprint density at radius 3 is 2.86 bits per heavy atom. The molecule has 0 spiro atoms. The van der Waals surface area contributed by atoms with E-state index in [1.54, 1.807) is 0 Å². The van der Waals surface area contributed by atoms with E-state index in [4.69, 9.17) is 0 Å². The molecule has 1 atom stereocenters. The van der Waals surface area contributed by atoms with Crippen LogP contribution in [0.4, 0.5) is 4.79 Å². The van der Waals surface area contributed by atoms with Gasteiger partial charge in [-0.1, -0.05) is 36.4 Å². The van der Waals surface area contributed by atoms with E-state index in [1.165, 1.54) is 5.56 Å². The first-order valence-electron chi connectivity index (χ1n) is 7.67. The van der Waals surface area contributed by atoms with Crippen molar-refractivity contribution in [3.05, 3.63) is 47.5 Å². The normalized spacial score (nSPS) is 24.6. The van der Waals surface area contributed by atoms with Gasteiger partial charge in [0.25, 0.3) is 0 Å². The van der Waals surface area contributed by atoms with Gasteiger partial charge in [0.1, 0.15) is 5.60 Å². The second-order valence-corrected chi connectivity index (χ2v) is 6.01. The van der Waals surface area contributed by atoms with Crippen LogP contribution >= 0.6 is 0 Å². The highest BCUT2D eigenvalue weighted by Crippen LogP contribution is 2.34. The third-order valence-corrected chi connectivity index (χ3v) is 4.44. The summed E-state index contributed by atoms with van der Waals surface area (Å²) < 4.78 is 0. The third-order valence-electron chi connectivity index (χ3n) is 4.44. The predicted molar refractivity (Wildman–Crippen MR) is 82.0 cm³/mol. The van der Waals surface area contributed by atoms with E-state index in [9.17, 15) is 9.90 Å². The molecular weight excluding hydrogens is 264 g/mol. The van der Waals surface area contributed by atoms with Crippen LogP contribution in [0.2, 0.25) is 0 Å². The van der Waals surface area contributed by atoms with Crippen molar-refractivity contribution in [1.82, 2.24) is 10.6 Å². The molecule has 0 saturated carbocycles. The zero-order valence-electron chi connectivity index (χ0n) is 12.1. The first-order valence-corrected chi connectivity index (χ1v) is 7.67. The number of aliphatic hydroxyl groups is 1. The topological polar surface area (TPSA) is 61.4 Å². The minimum atomic E-state index is -0.944. The maximum atomic E-state index is 11.9. The van der Waals surface area contributed by atoms with E-state index in [1.807, 2.05) is 18.2 Å². The van der Waals surface area contributed by atoms with Gasteiger partial charge in [-0.25, -0.2) is 4.79 Å². The highest BCUT2D eigenvalue weighted by molar-refractivity contribution is 5.74. The molecule has 112 valence electrons. The summed E-state index contributed by atoms with van der Waals surface area (Å²) in [5, 5.41) is 16.6. The Balaban J connectivity index is 1.60. The van der Waals surface area contributed by atoms with Crippen molar-refractivity contribution in [3.63, 3.8) is 0 Å². The Hall–Kier alpha value is -1.81. The van der Waals surface area contributed by atoms with Crippen LogP contribution in [0.15, 0.2) is 36.4 Å². The second kappa shape index (κ2) is 5.90. The quantitative estimate of drug-likeness (QED) is 0.746. The lowest BCUT2D eigenvalue weighted by Gasteiger charge is -2.34. The molecule has 3 N–H and O–H groups in total. The summed E-state index contributed by atoms with van der Waals surface area (Å²) in [6, 6.07) is 7.97. The summed E-state index contributed by atoms with van der Waals surface area (Å²) in [6.45, 7) is 0.260. The molecule has 0 heterocycles. The van der Waals surface area contributed by atoms with Crippen molar-refractivity contribution in [2.45, 2.75) is 43.7 Å². The van der Waals surface area contributed by atoms with Crippen LogP contribution in [0, 0.1) is 0 Å². The van der Waals surface area contributed by atoms with Crippen LogP contribution in [0.1, 0.15) is 36.8 Å². The van der Waals surface area contributed by atoms with Crippen molar-refractivity contribution in [2.75, 3.05) is 6.54 Å². The van der Waals surface area contributed by atoms with Crippen LogP contribution in [0.3, 0.4) is 0 Å². The number of hydrogen-bond acceptors (Lipinski definition) is 2. The van der Waals surface area contributed by atoms with E-state index >= 15 is 0 Å². The summed E-state index contributed by atoms with van der Waals surface area (Å²) in [5.74, 6) is 0. The standard InChI is InChI=1S/C17H22N2O2/c20-16(19-14-8-2-3-9-14)18-12-17(21)11-5-7-13-6-1-4-10-15(13)17/h1-4,6,10,14,21H,5,7-9,11-12H2,(H2,18,19,20). The number of fused-ring (bicyclic) bond motifs is 1. The highest BCUT2D eigenvalue weighted by Gasteiger charge is 2.34. The van der Waals surface area contributed by atoms with Crippen LogP contribution in [-0.4, -0.2) is 23.7 Å². The number of carbonyl (C=O) groups is 1. The van der Waals surface area contributed by atoms with E-state index < -0.39 is 5.60 Å². The largest absolute Gasteiger partial charge is 0.383 e. The number of benzene rings is 1. The second-order valence-electron chi connectivity index (χ2n) is 6.01. The summed E-state index contributed by atoms with van der Waals surface area (Å²) in [7, 11) is 0. The molecule has 3 rings (SSSR count). The lowest BCUT2D eigenvalue weighted by Crippen LogP contribution is -2.48. The molecule has 1 aromatic rings. The molecule has 1 unspecified atom stereocenters. The van der Waals surface area contributed by atoms with Gasteiger partial charge in [0.05, 0.1) is 6.54 Å². The molecule has 0 aliphatic heterocycles.